The normalized spacial score (nSPS) is 10.8. The maximum Gasteiger partial charge on any atom is 0.148 e. The van der Waals surface area contributed by atoms with Gasteiger partial charge in [-0.25, -0.2) is 4.98 Å². The van der Waals surface area contributed by atoms with Gasteiger partial charge in [-0.05, 0) is 12.1 Å². The lowest BCUT2D eigenvalue weighted by Crippen LogP contribution is -1.85. The Morgan fingerprint density at radius 2 is 2.00 bits per heavy atom. The largest absolute Gasteiger partial charge is 0.353 e. The molecule has 0 saturated heterocycles. The molecule has 2 aromatic heterocycles. The van der Waals surface area contributed by atoms with E-state index in [1.165, 1.54) is 6.20 Å². The van der Waals surface area contributed by atoms with Gasteiger partial charge in [-0.1, -0.05) is 29.8 Å². The quantitative estimate of drug-likeness (QED) is 0.696. The average Bonchev–Trinajstić information content (AvgIpc) is 2.72. The molecular formula is C12H8ClN3. The summed E-state index contributed by atoms with van der Waals surface area (Å²) in [4.78, 5) is 11.5. The topological polar surface area (TPSA) is 41.6 Å². The summed E-state index contributed by atoms with van der Waals surface area (Å²) in [5.41, 5.74) is 2.76. The molecule has 0 radical (unpaired) electrons. The van der Waals surface area contributed by atoms with Crippen molar-refractivity contribution < 1.29 is 0 Å². The monoisotopic (exact) mass is 229 g/mol. The standard InChI is InChI=1S/C12H8ClN3/c13-12-7-14-6-11(16-12)10-5-8-3-1-2-4-9(8)15-10/h1-7,15H. The number of aromatic amines is 1. The predicted molar refractivity (Wildman–Crippen MR) is 64.3 cm³/mol. The Bertz CT molecular complexity index is 612. The lowest BCUT2D eigenvalue weighted by atomic mass is 10.2. The van der Waals surface area contributed by atoms with Crippen LogP contribution >= 0.6 is 11.6 Å². The van der Waals surface area contributed by atoms with E-state index < -0.39 is 0 Å². The first-order chi connectivity index (χ1) is 7.83. The van der Waals surface area contributed by atoms with E-state index in [0.717, 1.165) is 22.3 Å². The number of hydrogen-bond acceptors (Lipinski definition) is 2. The molecule has 3 aromatic rings. The van der Waals surface area contributed by atoms with E-state index in [0.29, 0.717) is 5.15 Å². The summed E-state index contributed by atoms with van der Waals surface area (Å²) in [6.07, 6.45) is 3.21. The van der Waals surface area contributed by atoms with Crippen LogP contribution in [0.5, 0.6) is 0 Å². The summed E-state index contributed by atoms with van der Waals surface area (Å²) in [5, 5.41) is 1.55. The smallest absolute Gasteiger partial charge is 0.148 e. The van der Waals surface area contributed by atoms with Gasteiger partial charge >= 0.3 is 0 Å². The third kappa shape index (κ3) is 1.55. The number of para-hydroxylation sites is 1. The van der Waals surface area contributed by atoms with Gasteiger partial charge in [0.2, 0.25) is 0 Å². The van der Waals surface area contributed by atoms with Crippen LogP contribution in [0, 0.1) is 0 Å². The molecular weight excluding hydrogens is 222 g/mol. The number of benzene rings is 1. The average molecular weight is 230 g/mol. The molecule has 0 aliphatic rings. The molecule has 0 aliphatic heterocycles. The fourth-order valence-electron chi connectivity index (χ4n) is 1.68. The lowest BCUT2D eigenvalue weighted by Gasteiger charge is -1.95. The highest BCUT2D eigenvalue weighted by Gasteiger charge is 2.04. The van der Waals surface area contributed by atoms with Crippen LogP contribution in [0.15, 0.2) is 42.7 Å². The van der Waals surface area contributed by atoms with E-state index in [9.17, 15) is 0 Å². The zero-order chi connectivity index (χ0) is 11.0. The van der Waals surface area contributed by atoms with Crippen molar-refractivity contribution in [1.29, 1.82) is 0 Å². The van der Waals surface area contributed by atoms with Crippen LogP contribution in [0.3, 0.4) is 0 Å². The number of H-pyrrole nitrogens is 1. The Hall–Kier alpha value is -1.87. The van der Waals surface area contributed by atoms with Gasteiger partial charge < -0.3 is 4.98 Å². The van der Waals surface area contributed by atoms with Crippen LogP contribution in [0.2, 0.25) is 5.15 Å². The molecule has 0 fully saturated rings. The van der Waals surface area contributed by atoms with E-state index in [4.69, 9.17) is 11.6 Å². The predicted octanol–water partition coefficient (Wildman–Crippen LogP) is 3.28. The van der Waals surface area contributed by atoms with E-state index in [1.54, 1.807) is 6.20 Å². The Labute approximate surface area is 97.1 Å². The second kappa shape index (κ2) is 3.61. The first-order valence-corrected chi connectivity index (χ1v) is 5.26. The molecule has 0 amide bonds. The van der Waals surface area contributed by atoms with Crippen LogP contribution in [-0.2, 0) is 0 Å². The van der Waals surface area contributed by atoms with Crippen LogP contribution in [0.1, 0.15) is 0 Å². The summed E-state index contributed by atoms with van der Waals surface area (Å²) in [7, 11) is 0. The summed E-state index contributed by atoms with van der Waals surface area (Å²) in [5.74, 6) is 0. The Morgan fingerprint density at radius 1 is 1.12 bits per heavy atom. The number of hydrogen-bond donors (Lipinski definition) is 1. The van der Waals surface area contributed by atoms with Crippen molar-refractivity contribution in [1.82, 2.24) is 15.0 Å². The highest BCUT2D eigenvalue weighted by Crippen LogP contribution is 2.22. The second-order valence-electron chi connectivity index (χ2n) is 3.50. The van der Waals surface area contributed by atoms with Gasteiger partial charge in [0, 0.05) is 10.9 Å². The van der Waals surface area contributed by atoms with Gasteiger partial charge in [-0.3, -0.25) is 4.98 Å². The van der Waals surface area contributed by atoms with Gasteiger partial charge in [-0.2, -0.15) is 0 Å². The first kappa shape index (κ1) is 9.36. The molecule has 0 aliphatic carbocycles. The number of nitrogens with one attached hydrogen (secondary N) is 1. The minimum Gasteiger partial charge on any atom is -0.353 e. The molecule has 1 aromatic carbocycles. The summed E-state index contributed by atoms with van der Waals surface area (Å²) in [6.45, 7) is 0. The lowest BCUT2D eigenvalue weighted by molar-refractivity contribution is 1.19. The number of nitrogens with zero attached hydrogens (tertiary/aromatic N) is 2. The van der Waals surface area contributed by atoms with Gasteiger partial charge in [0.15, 0.2) is 0 Å². The molecule has 0 spiro atoms. The van der Waals surface area contributed by atoms with Gasteiger partial charge in [0.25, 0.3) is 0 Å². The second-order valence-corrected chi connectivity index (χ2v) is 3.88. The minimum atomic E-state index is 0.399. The SMILES string of the molecule is Clc1cncc(-c2cc3ccccc3[nH]2)n1. The third-order valence-corrected chi connectivity index (χ3v) is 2.59. The molecule has 0 atom stereocenters. The summed E-state index contributed by atoms with van der Waals surface area (Å²) < 4.78 is 0. The maximum atomic E-state index is 5.81. The van der Waals surface area contributed by atoms with Crippen LogP contribution < -0.4 is 0 Å². The Morgan fingerprint density at radius 3 is 2.81 bits per heavy atom. The van der Waals surface area contributed by atoms with Crippen molar-refractivity contribution in [2.45, 2.75) is 0 Å². The molecule has 78 valence electrons. The molecule has 0 unspecified atom stereocenters. The fourth-order valence-corrected chi connectivity index (χ4v) is 1.83. The zero-order valence-corrected chi connectivity index (χ0v) is 9.07. The summed E-state index contributed by atoms with van der Waals surface area (Å²) >= 11 is 5.81. The minimum absolute atomic E-state index is 0.399. The third-order valence-electron chi connectivity index (χ3n) is 2.41. The number of fused-ring (bicyclic) bond motifs is 1. The Kier molecular flexibility index (Phi) is 2.11. The zero-order valence-electron chi connectivity index (χ0n) is 8.31. The number of halogens is 1. The van der Waals surface area contributed by atoms with Crippen molar-refractivity contribution >= 4 is 22.5 Å². The van der Waals surface area contributed by atoms with Crippen LogP contribution in [0.25, 0.3) is 22.3 Å². The number of rotatable bonds is 1. The molecule has 4 heteroatoms. The van der Waals surface area contributed by atoms with Crippen molar-refractivity contribution in [3.63, 3.8) is 0 Å². The molecule has 2 heterocycles. The fraction of sp³-hybridized carbons (Fsp3) is 0. The van der Waals surface area contributed by atoms with E-state index in [2.05, 4.69) is 15.0 Å². The number of aromatic nitrogens is 3. The molecule has 0 saturated carbocycles. The first-order valence-electron chi connectivity index (χ1n) is 4.88. The van der Waals surface area contributed by atoms with Crippen molar-refractivity contribution in [2.24, 2.45) is 0 Å². The van der Waals surface area contributed by atoms with E-state index >= 15 is 0 Å². The van der Waals surface area contributed by atoms with Crippen LogP contribution in [0.4, 0.5) is 0 Å². The van der Waals surface area contributed by atoms with E-state index in [-0.39, 0.29) is 0 Å². The highest BCUT2D eigenvalue weighted by atomic mass is 35.5. The van der Waals surface area contributed by atoms with E-state index in [1.807, 2.05) is 30.3 Å². The van der Waals surface area contributed by atoms with Gasteiger partial charge in [0.1, 0.15) is 10.8 Å². The molecule has 0 bridgehead atoms. The molecule has 3 nitrogen and oxygen atoms in total. The maximum absolute atomic E-state index is 5.81. The van der Waals surface area contributed by atoms with Crippen molar-refractivity contribution in [2.75, 3.05) is 0 Å². The highest BCUT2D eigenvalue weighted by molar-refractivity contribution is 6.29. The van der Waals surface area contributed by atoms with Gasteiger partial charge in [0.05, 0.1) is 18.1 Å². The summed E-state index contributed by atoms with van der Waals surface area (Å²) in [6, 6.07) is 10.1. The van der Waals surface area contributed by atoms with Crippen molar-refractivity contribution in [3.05, 3.63) is 47.9 Å². The molecule has 3 rings (SSSR count). The van der Waals surface area contributed by atoms with Crippen LogP contribution in [-0.4, -0.2) is 15.0 Å². The van der Waals surface area contributed by atoms with Gasteiger partial charge in [-0.15, -0.1) is 0 Å². The molecule has 16 heavy (non-hydrogen) atoms. The molecule has 1 N–H and O–H groups in total. The van der Waals surface area contributed by atoms with Crippen molar-refractivity contribution in [3.8, 4) is 11.4 Å². The Balaban J connectivity index is 2.19.